The Hall–Kier alpha value is -2.14. The topological polar surface area (TPSA) is 58.2 Å². The van der Waals surface area contributed by atoms with Crippen LogP contribution in [0.25, 0.3) is 0 Å². The van der Waals surface area contributed by atoms with Crippen LogP contribution in [0, 0.1) is 0 Å². The predicted molar refractivity (Wildman–Crippen MR) is 84.3 cm³/mol. The van der Waals surface area contributed by atoms with Crippen LogP contribution in [0.1, 0.15) is 27.2 Å². The van der Waals surface area contributed by atoms with Crippen molar-refractivity contribution in [3.05, 3.63) is 57.8 Å². The summed E-state index contributed by atoms with van der Waals surface area (Å²) in [5, 5.41) is 7.48. The first kappa shape index (κ1) is 15.3. The molecule has 0 bridgehead atoms. The van der Waals surface area contributed by atoms with Crippen LogP contribution in [0.15, 0.2) is 41.8 Å². The lowest BCUT2D eigenvalue weighted by molar-refractivity contribution is -0.121. The van der Waals surface area contributed by atoms with Gasteiger partial charge in [0.2, 0.25) is 5.91 Å². The summed E-state index contributed by atoms with van der Waals surface area (Å²) in [7, 11) is 1.60. The van der Waals surface area contributed by atoms with Gasteiger partial charge < -0.3 is 10.6 Å². The number of hydrogen-bond acceptors (Lipinski definition) is 3. The molecule has 0 aliphatic heterocycles. The Bertz CT molecular complexity index is 591. The molecule has 0 saturated carbocycles. The summed E-state index contributed by atoms with van der Waals surface area (Å²) in [4.78, 5) is 24.4. The zero-order valence-corrected chi connectivity index (χ0v) is 12.7. The van der Waals surface area contributed by atoms with Crippen LogP contribution in [0.5, 0.6) is 0 Å². The van der Waals surface area contributed by atoms with E-state index in [0.717, 1.165) is 12.0 Å². The van der Waals surface area contributed by atoms with Crippen molar-refractivity contribution in [1.82, 2.24) is 10.6 Å². The molecular weight excluding hydrogens is 284 g/mol. The number of carbonyl (C=O) groups is 2. The summed E-state index contributed by atoms with van der Waals surface area (Å²) in [5.74, 6) is -0.0692. The number of amides is 2. The van der Waals surface area contributed by atoms with Crippen molar-refractivity contribution in [2.75, 3.05) is 7.05 Å². The molecule has 1 aromatic heterocycles. The van der Waals surface area contributed by atoms with Crippen molar-refractivity contribution in [3.63, 3.8) is 0 Å². The molecule has 1 heterocycles. The van der Waals surface area contributed by atoms with Gasteiger partial charge in [0.1, 0.15) is 0 Å². The van der Waals surface area contributed by atoms with Gasteiger partial charge in [-0.25, -0.2) is 0 Å². The molecule has 0 unspecified atom stereocenters. The number of benzene rings is 1. The maximum absolute atomic E-state index is 11.8. The third kappa shape index (κ3) is 4.72. The molecule has 0 saturated heterocycles. The van der Waals surface area contributed by atoms with E-state index in [1.165, 1.54) is 4.88 Å². The lowest BCUT2D eigenvalue weighted by Crippen LogP contribution is -2.23. The fourth-order valence-corrected chi connectivity index (χ4v) is 2.61. The van der Waals surface area contributed by atoms with Gasteiger partial charge in [-0.05, 0) is 35.6 Å². The van der Waals surface area contributed by atoms with E-state index in [-0.39, 0.29) is 11.8 Å². The molecule has 5 heteroatoms. The van der Waals surface area contributed by atoms with E-state index < -0.39 is 0 Å². The van der Waals surface area contributed by atoms with Gasteiger partial charge in [-0.15, -0.1) is 11.3 Å². The van der Waals surface area contributed by atoms with Gasteiger partial charge in [-0.2, -0.15) is 0 Å². The zero-order valence-electron chi connectivity index (χ0n) is 11.9. The minimum atomic E-state index is -0.110. The van der Waals surface area contributed by atoms with Crippen molar-refractivity contribution in [2.24, 2.45) is 0 Å². The fourth-order valence-electron chi connectivity index (χ4n) is 1.90. The zero-order chi connectivity index (χ0) is 15.1. The number of carbonyl (C=O) groups excluding carboxylic acids is 2. The van der Waals surface area contributed by atoms with Gasteiger partial charge >= 0.3 is 0 Å². The van der Waals surface area contributed by atoms with Crippen LogP contribution >= 0.6 is 11.3 Å². The third-order valence-corrected chi connectivity index (χ3v) is 4.05. The average molecular weight is 302 g/mol. The molecule has 1 aromatic carbocycles. The highest BCUT2D eigenvalue weighted by Gasteiger charge is 2.05. The average Bonchev–Trinajstić information content (AvgIpc) is 3.04. The van der Waals surface area contributed by atoms with Crippen LogP contribution in [0.4, 0.5) is 0 Å². The summed E-state index contributed by atoms with van der Waals surface area (Å²) in [6.07, 6.45) is 1.27. The number of thiophene rings is 1. The highest BCUT2D eigenvalue weighted by atomic mass is 32.1. The highest BCUT2D eigenvalue weighted by molar-refractivity contribution is 7.09. The molecule has 0 radical (unpaired) electrons. The number of nitrogens with one attached hydrogen (secondary N) is 2. The molecule has 2 aromatic rings. The standard InChI is InChI=1S/C16H18N2O2S/c1-17-16(20)13-6-4-12(5-7-13)11-18-15(19)9-8-14-3-2-10-21-14/h2-7,10H,8-9,11H2,1H3,(H,17,20)(H,18,19). The van der Waals surface area contributed by atoms with Crippen LogP contribution in [-0.4, -0.2) is 18.9 Å². The lowest BCUT2D eigenvalue weighted by atomic mass is 10.1. The second-order valence-electron chi connectivity index (χ2n) is 4.63. The predicted octanol–water partition coefficient (Wildman–Crippen LogP) is 2.36. The van der Waals surface area contributed by atoms with Crippen LogP contribution < -0.4 is 10.6 Å². The smallest absolute Gasteiger partial charge is 0.251 e. The minimum Gasteiger partial charge on any atom is -0.355 e. The summed E-state index contributed by atoms with van der Waals surface area (Å²) < 4.78 is 0. The highest BCUT2D eigenvalue weighted by Crippen LogP contribution is 2.10. The Morgan fingerprint density at radius 1 is 1.14 bits per heavy atom. The largest absolute Gasteiger partial charge is 0.355 e. The van der Waals surface area contributed by atoms with Gasteiger partial charge in [-0.3, -0.25) is 9.59 Å². The van der Waals surface area contributed by atoms with E-state index in [1.807, 2.05) is 29.6 Å². The molecule has 0 aliphatic carbocycles. The summed E-state index contributed by atoms with van der Waals surface area (Å²) in [5.41, 5.74) is 1.59. The molecule has 0 aliphatic rings. The van der Waals surface area contributed by atoms with E-state index in [1.54, 1.807) is 30.5 Å². The SMILES string of the molecule is CNC(=O)c1ccc(CNC(=O)CCc2cccs2)cc1. The Kier molecular flexibility index (Phi) is 5.51. The van der Waals surface area contributed by atoms with Gasteiger partial charge in [0, 0.05) is 30.5 Å². The second kappa shape index (κ2) is 7.59. The monoisotopic (exact) mass is 302 g/mol. The van der Waals surface area contributed by atoms with Crippen LogP contribution in [-0.2, 0) is 17.8 Å². The van der Waals surface area contributed by atoms with E-state index in [0.29, 0.717) is 18.5 Å². The first-order chi connectivity index (χ1) is 10.2. The minimum absolute atomic E-state index is 0.0405. The molecule has 0 spiro atoms. The molecule has 2 N–H and O–H groups in total. The van der Waals surface area contributed by atoms with E-state index >= 15 is 0 Å². The fraction of sp³-hybridized carbons (Fsp3) is 0.250. The van der Waals surface area contributed by atoms with Crippen molar-refractivity contribution >= 4 is 23.2 Å². The number of rotatable bonds is 6. The Balaban J connectivity index is 1.77. The van der Waals surface area contributed by atoms with Crippen molar-refractivity contribution in [3.8, 4) is 0 Å². The van der Waals surface area contributed by atoms with Crippen molar-refractivity contribution in [1.29, 1.82) is 0 Å². The summed E-state index contributed by atoms with van der Waals surface area (Å²) >= 11 is 1.67. The first-order valence-electron chi connectivity index (χ1n) is 6.79. The first-order valence-corrected chi connectivity index (χ1v) is 7.67. The Morgan fingerprint density at radius 3 is 2.52 bits per heavy atom. The second-order valence-corrected chi connectivity index (χ2v) is 5.66. The van der Waals surface area contributed by atoms with Gasteiger partial charge in [-0.1, -0.05) is 18.2 Å². The molecule has 4 nitrogen and oxygen atoms in total. The number of hydrogen-bond donors (Lipinski definition) is 2. The third-order valence-electron chi connectivity index (χ3n) is 3.11. The molecular formula is C16H18N2O2S. The van der Waals surface area contributed by atoms with Gasteiger partial charge in [0.15, 0.2) is 0 Å². The van der Waals surface area contributed by atoms with E-state index in [9.17, 15) is 9.59 Å². The molecule has 2 rings (SSSR count). The molecule has 0 atom stereocenters. The molecule has 2 amide bonds. The van der Waals surface area contributed by atoms with Crippen molar-refractivity contribution in [2.45, 2.75) is 19.4 Å². The lowest BCUT2D eigenvalue weighted by Gasteiger charge is -2.06. The van der Waals surface area contributed by atoms with Gasteiger partial charge in [0.25, 0.3) is 5.91 Å². The Labute approximate surface area is 128 Å². The van der Waals surface area contributed by atoms with Gasteiger partial charge in [0.05, 0.1) is 0 Å². The molecule has 0 fully saturated rings. The normalized spacial score (nSPS) is 10.1. The summed E-state index contributed by atoms with van der Waals surface area (Å²) in [6, 6.07) is 11.2. The Morgan fingerprint density at radius 2 is 1.90 bits per heavy atom. The maximum Gasteiger partial charge on any atom is 0.251 e. The number of aryl methyl sites for hydroxylation is 1. The summed E-state index contributed by atoms with van der Waals surface area (Å²) in [6.45, 7) is 0.483. The van der Waals surface area contributed by atoms with Crippen molar-refractivity contribution < 1.29 is 9.59 Å². The van der Waals surface area contributed by atoms with Crippen LogP contribution in [0.2, 0.25) is 0 Å². The van der Waals surface area contributed by atoms with E-state index in [4.69, 9.17) is 0 Å². The maximum atomic E-state index is 11.8. The molecule has 21 heavy (non-hydrogen) atoms. The quantitative estimate of drug-likeness (QED) is 0.860. The van der Waals surface area contributed by atoms with Crippen LogP contribution in [0.3, 0.4) is 0 Å². The van der Waals surface area contributed by atoms with E-state index in [2.05, 4.69) is 10.6 Å². The molecule has 110 valence electrons.